The quantitative estimate of drug-likeness (QED) is 0.895. The summed E-state index contributed by atoms with van der Waals surface area (Å²) in [6, 6.07) is 10.0. The number of likely N-dealkylation sites (tertiary alicyclic amines) is 1. The van der Waals surface area contributed by atoms with E-state index in [1.54, 1.807) is 4.90 Å². The third kappa shape index (κ3) is 4.45. The average molecular weight is 306 g/mol. The number of benzene rings is 1. The highest BCUT2D eigenvalue weighted by Crippen LogP contribution is 2.23. The van der Waals surface area contributed by atoms with Gasteiger partial charge in [-0.15, -0.1) is 0 Å². The van der Waals surface area contributed by atoms with Gasteiger partial charge in [0, 0.05) is 19.6 Å². The molecule has 22 heavy (non-hydrogen) atoms. The first-order valence-corrected chi connectivity index (χ1v) is 7.71. The van der Waals surface area contributed by atoms with E-state index in [1.165, 1.54) is 0 Å². The van der Waals surface area contributed by atoms with Crippen molar-refractivity contribution in [1.29, 1.82) is 0 Å². The molecule has 0 saturated carbocycles. The Balaban J connectivity index is 1.93. The highest BCUT2D eigenvalue weighted by atomic mass is 16.6. The maximum atomic E-state index is 12.1. The van der Waals surface area contributed by atoms with Crippen LogP contribution >= 0.6 is 0 Å². The van der Waals surface area contributed by atoms with Gasteiger partial charge in [0.25, 0.3) is 0 Å². The SMILES string of the molecule is CC(C)(C)OC(=O)N1CCC(CO)(NCc2ccccc2)C1. The Morgan fingerprint density at radius 1 is 1.36 bits per heavy atom. The van der Waals surface area contributed by atoms with Gasteiger partial charge in [-0.2, -0.15) is 0 Å². The van der Waals surface area contributed by atoms with Crippen molar-refractivity contribution in [3.63, 3.8) is 0 Å². The van der Waals surface area contributed by atoms with E-state index in [4.69, 9.17) is 4.74 Å². The fraction of sp³-hybridized carbons (Fsp3) is 0.588. The van der Waals surface area contributed by atoms with E-state index < -0.39 is 11.1 Å². The Bertz CT molecular complexity index is 498. The largest absolute Gasteiger partial charge is 0.444 e. The third-order valence-electron chi connectivity index (χ3n) is 3.82. The number of ether oxygens (including phenoxy) is 1. The second-order valence-corrected chi connectivity index (χ2v) is 6.93. The van der Waals surface area contributed by atoms with Crippen molar-refractivity contribution < 1.29 is 14.6 Å². The van der Waals surface area contributed by atoms with Crippen LogP contribution in [0.4, 0.5) is 4.79 Å². The van der Waals surface area contributed by atoms with Crippen LogP contribution in [-0.2, 0) is 11.3 Å². The van der Waals surface area contributed by atoms with Crippen molar-refractivity contribution in [3.8, 4) is 0 Å². The van der Waals surface area contributed by atoms with E-state index in [-0.39, 0.29) is 12.7 Å². The summed E-state index contributed by atoms with van der Waals surface area (Å²) < 4.78 is 5.40. The summed E-state index contributed by atoms with van der Waals surface area (Å²) >= 11 is 0. The molecule has 2 N–H and O–H groups in total. The summed E-state index contributed by atoms with van der Waals surface area (Å²) in [5, 5.41) is 13.2. The van der Waals surface area contributed by atoms with Crippen molar-refractivity contribution in [1.82, 2.24) is 10.2 Å². The molecule has 2 rings (SSSR count). The van der Waals surface area contributed by atoms with Gasteiger partial charge in [-0.3, -0.25) is 0 Å². The average Bonchev–Trinajstić information content (AvgIpc) is 2.90. The lowest BCUT2D eigenvalue weighted by molar-refractivity contribution is 0.0270. The van der Waals surface area contributed by atoms with E-state index in [0.29, 0.717) is 19.6 Å². The monoisotopic (exact) mass is 306 g/mol. The van der Waals surface area contributed by atoms with Crippen molar-refractivity contribution in [2.45, 2.75) is 44.9 Å². The number of carbonyl (C=O) groups excluding carboxylic acids is 1. The summed E-state index contributed by atoms with van der Waals surface area (Å²) in [6.45, 7) is 7.29. The first-order chi connectivity index (χ1) is 10.3. The minimum Gasteiger partial charge on any atom is -0.444 e. The summed E-state index contributed by atoms with van der Waals surface area (Å²) in [5.74, 6) is 0. The van der Waals surface area contributed by atoms with Crippen molar-refractivity contribution in [2.75, 3.05) is 19.7 Å². The smallest absolute Gasteiger partial charge is 0.410 e. The molecule has 1 atom stereocenters. The van der Waals surface area contributed by atoms with Crippen LogP contribution in [0.1, 0.15) is 32.8 Å². The van der Waals surface area contributed by atoms with Gasteiger partial charge in [0.2, 0.25) is 0 Å². The van der Waals surface area contributed by atoms with Gasteiger partial charge in [-0.1, -0.05) is 30.3 Å². The molecule has 0 radical (unpaired) electrons. The lowest BCUT2D eigenvalue weighted by Gasteiger charge is -2.29. The molecule has 1 aromatic carbocycles. The highest BCUT2D eigenvalue weighted by molar-refractivity contribution is 5.68. The number of nitrogens with zero attached hydrogens (tertiary/aromatic N) is 1. The standard InChI is InChI=1S/C17H26N2O3/c1-16(2,3)22-15(21)19-10-9-17(12-19,13-20)18-11-14-7-5-4-6-8-14/h4-8,18,20H,9-13H2,1-3H3. The summed E-state index contributed by atoms with van der Waals surface area (Å²) in [6.07, 6.45) is 0.402. The number of amides is 1. The van der Waals surface area contributed by atoms with Crippen LogP contribution in [0, 0.1) is 0 Å². The number of nitrogens with one attached hydrogen (secondary N) is 1. The molecule has 1 unspecified atom stereocenters. The first kappa shape index (κ1) is 16.8. The summed E-state index contributed by atoms with van der Waals surface area (Å²) in [7, 11) is 0. The zero-order valence-corrected chi connectivity index (χ0v) is 13.6. The van der Waals surface area contributed by atoms with Crippen LogP contribution in [-0.4, -0.2) is 46.9 Å². The molecule has 1 heterocycles. The molecule has 1 aromatic rings. The number of hydrogen-bond donors (Lipinski definition) is 2. The van der Waals surface area contributed by atoms with Crippen LogP contribution in [0.5, 0.6) is 0 Å². The van der Waals surface area contributed by atoms with E-state index >= 15 is 0 Å². The number of aliphatic hydroxyl groups is 1. The van der Waals surface area contributed by atoms with Gasteiger partial charge < -0.3 is 20.1 Å². The van der Waals surface area contributed by atoms with Crippen molar-refractivity contribution in [2.24, 2.45) is 0 Å². The third-order valence-corrected chi connectivity index (χ3v) is 3.82. The molecule has 5 heteroatoms. The van der Waals surface area contributed by atoms with Crippen molar-refractivity contribution in [3.05, 3.63) is 35.9 Å². The second kappa shape index (κ2) is 6.67. The zero-order valence-electron chi connectivity index (χ0n) is 13.6. The fourth-order valence-electron chi connectivity index (χ4n) is 2.57. The van der Waals surface area contributed by atoms with Crippen LogP contribution < -0.4 is 5.32 Å². The molecule has 1 aliphatic rings. The molecular weight excluding hydrogens is 280 g/mol. The molecular formula is C17H26N2O3. The topological polar surface area (TPSA) is 61.8 Å². The number of hydrogen-bond acceptors (Lipinski definition) is 4. The molecule has 1 aliphatic heterocycles. The zero-order chi connectivity index (χ0) is 16.2. The van der Waals surface area contributed by atoms with Gasteiger partial charge in [0.1, 0.15) is 5.60 Å². The van der Waals surface area contributed by atoms with E-state index in [0.717, 1.165) is 12.0 Å². The maximum Gasteiger partial charge on any atom is 0.410 e. The maximum absolute atomic E-state index is 12.1. The molecule has 1 saturated heterocycles. The molecule has 1 amide bonds. The minimum absolute atomic E-state index is 0.000862. The predicted octanol–water partition coefficient (Wildman–Crippen LogP) is 2.15. The molecule has 122 valence electrons. The van der Waals surface area contributed by atoms with Gasteiger partial charge in [0.05, 0.1) is 12.1 Å². The number of carbonyl (C=O) groups is 1. The fourth-order valence-corrected chi connectivity index (χ4v) is 2.57. The summed E-state index contributed by atoms with van der Waals surface area (Å²) in [5.41, 5.74) is 0.206. The number of rotatable bonds is 4. The molecule has 0 spiro atoms. The molecule has 1 fully saturated rings. The highest BCUT2D eigenvalue weighted by Gasteiger charge is 2.40. The first-order valence-electron chi connectivity index (χ1n) is 7.71. The van der Waals surface area contributed by atoms with Crippen LogP contribution in [0.15, 0.2) is 30.3 Å². The van der Waals surface area contributed by atoms with Gasteiger partial charge in [-0.25, -0.2) is 4.79 Å². The lowest BCUT2D eigenvalue weighted by Crippen LogP contribution is -2.51. The van der Waals surface area contributed by atoms with Gasteiger partial charge in [-0.05, 0) is 32.8 Å². The van der Waals surface area contributed by atoms with E-state index in [1.807, 2.05) is 51.1 Å². The Morgan fingerprint density at radius 2 is 2.05 bits per heavy atom. The van der Waals surface area contributed by atoms with E-state index in [9.17, 15) is 9.90 Å². The van der Waals surface area contributed by atoms with Crippen LogP contribution in [0.25, 0.3) is 0 Å². The number of aliphatic hydroxyl groups excluding tert-OH is 1. The second-order valence-electron chi connectivity index (χ2n) is 6.93. The van der Waals surface area contributed by atoms with Crippen LogP contribution in [0.3, 0.4) is 0 Å². The molecule has 0 bridgehead atoms. The molecule has 5 nitrogen and oxygen atoms in total. The predicted molar refractivity (Wildman–Crippen MR) is 85.5 cm³/mol. The van der Waals surface area contributed by atoms with Gasteiger partial charge in [0.15, 0.2) is 0 Å². The molecule has 0 aromatic heterocycles. The van der Waals surface area contributed by atoms with E-state index in [2.05, 4.69) is 5.32 Å². The Morgan fingerprint density at radius 3 is 2.64 bits per heavy atom. The lowest BCUT2D eigenvalue weighted by atomic mass is 9.99. The molecule has 0 aliphatic carbocycles. The Kier molecular flexibility index (Phi) is 5.08. The normalized spacial score (nSPS) is 21.9. The van der Waals surface area contributed by atoms with Gasteiger partial charge >= 0.3 is 6.09 Å². The van der Waals surface area contributed by atoms with Crippen molar-refractivity contribution >= 4 is 6.09 Å². The minimum atomic E-state index is -0.501. The van der Waals surface area contributed by atoms with Crippen LogP contribution in [0.2, 0.25) is 0 Å². The summed E-state index contributed by atoms with van der Waals surface area (Å²) in [4.78, 5) is 13.8. The Labute approximate surface area is 132 Å². The Hall–Kier alpha value is -1.59.